The Morgan fingerprint density at radius 2 is 1.85 bits per heavy atom. The lowest BCUT2D eigenvalue weighted by molar-refractivity contribution is 0.370. The maximum absolute atomic E-state index is 12.4. The molecule has 0 radical (unpaired) electrons. The fourth-order valence-corrected chi connectivity index (χ4v) is 3.09. The van der Waals surface area contributed by atoms with Gasteiger partial charge in [0.25, 0.3) is 0 Å². The summed E-state index contributed by atoms with van der Waals surface area (Å²) in [6.07, 6.45) is 0.763. The molecule has 0 saturated carbocycles. The molecule has 0 bridgehead atoms. The lowest BCUT2D eigenvalue weighted by Crippen LogP contribution is -2.30. The Hall–Kier alpha value is -1.31. The Labute approximate surface area is 121 Å². The number of nitrogens with zero attached hydrogens (tertiary/aromatic N) is 2. The summed E-state index contributed by atoms with van der Waals surface area (Å²) in [5.74, 6) is 0.539. The minimum Gasteiger partial charge on any atom is -0.497 e. The van der Waals surface area contributed by atoms with Gasteiger partial charge in [0.15, 0.2) is 0 Å². The molecule has 2 N–H and O–H groups in total. The third kappa shape index (κ3) is 4.09. The number of nitrogens with two attached hydrogens (primary N) is 1. The zero-order valence-electron chi connectivity index (χ0n) is 12.5. The number of ether oxygens (including phenoxy) is 1. The van der Waals surface area contributed by atoms with Gasteiger partial charge in [-0.15, -0.1) is 0 Å². The number of rotatable bonds is 7. The Morgan fingerprint density at radius 1 is 1.20 bits per heavy atom. The highest BCUT2D eigenvalue weighted by Crippen LogP contribution is 2.25. The molecule has 1 aromatic carbocycles. The fourth-order valence-electron chi connectivity index (χ4n) is 1.79. The standard InChI is InChI=1S/C13H23N3O3S/c1-15(2)8-5-9-16(3)20(17,18)13-7-6-11(19-4)10-12(13)14/h6-7,10H,5,8-9,14H2,1-4H3. The van der Waals surface area contributed by atoms with Gasteiger partial charge in [0.05, 0.1) is 12.8 Å². The Balaban J connectivity index is 2.87. The smallest absolute Gasteiger partial charge is 0.244 e. The molecule has 0 amide bonds. The summed E-state index contributed by atoms with van der Waals surface area (Å²) >= 11 is 0. The molecule has 0 aromatic heterocycles. The van der Waals surface area contributed by atoms with Gasteiger partial charge in [0, 0.05) is 19.7 Å². The van der Waals surface area contributed by atoms with Gasteiger partial charge >= 0.3 is 0 Å². The van der Waals surface area contributed by atoms with Crippen molar-refractivity contribution in [3.63, 3.8) is 0 Å². The van der Waals surface area contributed by atoms with E-state index >= 15 is 0 Å². The first kappa shape index (κ1) is 16.7. The summed E-state index contributed by atoms with van der Waals surface area (Å²) in [4.78, 5) is 2.13. The Bertz CT molecular complexity index is 544. The molecule has 1 rings (SSSR count). The molecule has 0 saturated heterocycles. The molecule has 1 aromatic rings. The van der Waals surface area contributed by atoms with Gasteiger partial charge in [-0.3, -0.25) is 0 Å². The molecule has 0 unspecified atom stereocenters. The van der Waals surface area contributed by atoms with E-state index in [0.29, 0.717) is 12.3 Å². The second-order valence-corrected chi connectivity index (χ2v) is 6.90. The van der Waals surface area contributed by atoms with E-state index in [4.69, 9.17) is 10.5 Å². The molecule has 7 heteroatoms. The first-order valence-corrected chi connectivity index (χ1v) is 7.77. The van der Waals surface area contributed by atoms with Crippen LogP contribution >= 0.6 is 0 Å². The molecule has 0 aliphatic rings. The van der Waals surface area contributed by atoms with Crippen molar-refractivity contribution in [1.82, 2.24) is 9.21 Å². The van der Waals surface area contributed by atoms with E-state index in [0.717, 1.165) is 13.0 Å². The fraction of sp³-hybridized carbons (Fsp3) is 0.538. The van der Waals surface area contributed by atoms with Crippen LogP contribution in [0, 0.1) is 0 Å². The van der Waals surface area contributed by atoms with Crippen molar-refractivity contribution in [2.45, 2.75) is 11.3 Å². The minimum atomic E-state index is -3.56. The van der Waals surface area contributed by atoms with Crippen molar-refractivity contribution in [2.24, 2.45) is 0 Å². The van der Waals surface area contributed by atoms with Gasteiger partial charge in [-0.2, -0.15) is 0 Å². The van der Waals surface area contributed by atoms with Crippen molar-refractivity contribution < 1.29 is 13.2 Å². The van der Waals surface area contributed by atoms with Crippen LogP contribution in [0.25, 0.3) is 0 Å². The van der Waals surface area contributed by atoms with Crippen LogP contribution < -0.4 is 10.5 Å². The summed E-state index contributed by atoms with van der Waals surface area (Å²) in [7, 11) is 3.42. The van der Waals surface area contributed by atoms with Crippen LogP contribution in [-0.2, 0) is 10.0 Å². The lowest BCUT2D eigenvalue weighted by Gasteiger charge is -2.19. The maximum Gasteiger partial charge on any atom is 0.244 e. The number of sulfonamides is 1. The van der Waals surface area contributed by atoms with E-state index in [1.807, 2.05) is 19.0 Å². The zero-order valence-corrected chi connectivity index (χ0v) is 13.3. The van der Waals surface area contributed by atoms with Gasteiger partial charge in [-0.25, -0.2) is 12.7 Å². The lowest BCUT2D eigenvalue weighted by atomic mass is 10.3. The van der Waals surface area contributed by atoms with E-state index in [1.54, 1.807) is 13.1 Å². The summed E-state index contributed by atoms with van der Waals surface area (Å²) in [6.45, 7) is 1.28. The summed E-state index contributed by atoms with van der Waals surface area (Å²) in [5, 5.41) is 0. The Morgan fingerprint density at radius 3 is 2.35 bits per heavy atom. The first-order chi connectivity index (χ1) is 9.28. The quantitative estimate of drug-likeness (QED) is 0.756. The van der Waals surface area contributed by atoms with Crippen LogP contribution in [0.2, 0.25) is 0 Å². The molecule has 0 atom stereocenters. The van der Waals surface area contributed by atoms with Crippen LogP contribution in [-0.4, -0.2) is 59.0 Å². The van der Waals surface area contributed by atoms with Crippen LogP contribution in [0.5, 0.6) is 5.75 Å². The normalized spacial score (nSPS) is 12.1. The largest absolute Gasteiger partial charge is 0.497 e. The number of benzene rings is 1. The molecule has 20 heavy (non-hydrogen) atoms. The number of anilines is 1. The number of methoxy groups -OCH3 is 1. The highest BCUT2D eigenvalue weighted by Gasteiger charge is 2.23. The number of nitrogen functional groups attached to an aromatic ring is 1. The Kier molecular flexibility index (Phi) is 5.79. The van der Waals surface area contributed by atoms with Crippen molar-refractivity contribution in [2.75, 3.05) is 47.1 Å². The average molecular weight is 301 g/mol. The van der Waals surface area contributed by atoms with E-state index < -0.39 is 10.0 Å². The monoisotopic (exact) mass is 301 g/mol. The van der Waals surface area contributed by atoms with Crippen LogP contribution in [0.15, 0.2) is 23.1 Å². The summed E-state index contributed by atoms with van der Waals surface area (Å²) < 4.78 is 31.2. The highest BCUT2D eigenvalue weighted by molar-refractivity contribution is 7.89. The SMILES string of the molecule is COc1ccc(S(=O)(=O)N(C)CCCN(C)C)c(N)c1. The molecule has 6 nitrogen and oxygen atoms in total. The van der Waals surface area contributed by atoms with Crippen LogP contribution in [0.1, 0.15) is 6.42 Å². The molecule has 0 heterocycles. The molecule has 0 aliphatic heterocycles. The predicted octanol–water partition coefficient (Wildman–Crippen LogP) is 0.850. The average Bonchev–Trinajstić information content (AvgIpc) is 2.37. The molecule has 0 aliphatic carbocycles. The van der Waals surface area contributed by atoms with Gasteiger partial charge in [-0.1, -0.05) is 0 Å². The summed E-state index contributed by atoms with van der Waals surface area (Å²) in [6, 6.07) is 4.59. The second-order valence-electron chi connectivity index (χ2n) is 4.89. The molecular formula is C13H23N3O3S. The van der Waals surface area contributed by atoms with Crippen molar-refractivity contribution >= 4 is 15.7 Å². The summed E-state index contributed by atoms with van der Waals surface area (Å²) in [5.41, 5.74) is 6.00. The van der Waals surface area contributed by atoms with E-state index in [2.05, 4.69) is 0 Å². The predicted molar refractivity (Wildman–Crippen MR) is 80.4 cm³/mol. The van der Waals surface area contributed by atoms with Gasteiger partial charge in [0.1, 0.15) is 10.6 Å². The van der Waals surface area contributed by atoms with Crippen LogP contribution in [0.3, 0.4) is 0 Å². The highest BCUT2D eigenvalue weighted by atomic mass is 32.2. The van der Waals surface area contributed by atoms with Crippen molar-refractivity contribution in [1.29, 1.82) is 0 Å². The second kappa shape index (κ2) is 6.92. The molecule has 114 valence electrons. The number of hydrogen-bond acceptors (Lipinski definition) is 5. The first-order valence-electron chi connectivity index (χ1n) is 6.33. The van der Waals surface area contributed by atoms with E-state index in [-0.39, 0.29) is 10.6 Å². The van der Waals surface area contributed by atoms with Gasteiger partial charge in [-0.05, 0) is 39.2 Å². The molecule has 0 spiro atoms. The molecular weight excluding hydrogens is 278 g/mol. The minimum absolute atomic E-state index is 0.116. The third-order valence-electron chi connectivity index (χ3n) is 2.98. The topological polar surface area (TPSA) is 75.9 Å². The van der Waals surface area contributed by atoms with Crippen molar-refractivity contribution in [3.8, 4) is 5.75 Å². The van der Waals surface area contributed by atoms with Crippen molar-refractivity contribution in [3.05, 3.63) is 18.2 Å². The zero-order chi connectivity index (χ0) is 15.3. The number of hydrogen-bond donors (Lipinski definition) is 1. The maximum atomic E-state index is 12.4. The van der Waals surface area contributed by atoms with Gasteiger partial charge in [0.2, 0.25) is 10.0 Å². The third-order valence-corrected chi connectivity index (χ3v) is 4.91. The van der Waals surface area contributed by atoms with E-state index in [1.165, 1.54) is 23.5 Å². The van der Waals surface area contributed by atoms with Crippen LogP contribution in [0.4, 0.5) is 5.69 Å². The molecule has 0 fully saturated rings. The van der Waals surface area contributed by atoms with Gasteiger partial charge < -0.3 is 15.4 Å². The van der Waals surface area contributed by atoms with E-state index in [9.17, 15) is 8.42 Å².